The predicted octanol–water partition coefficient (Wildman–Crippen LogP) is 0.983. The third-order valence-corrected chi connectivity index (χ3v) is 6.27. The lowest BCUT2D eigenvalue weighted by molar-refractivity contribution is -0.140. The summed E-state index contributed by atoms with van der Waals surface area (Å²) in [5.41, 5.74) is 1.49. The molecule has 0 aromatic heterocycles. The van der Waals surface area contributed by atoms with Gasteiger partial charge in [0.15, 0.2) is 0 Å². The van der Waals surface area contributed by atoms with E-state index in [9.17, 15) is 18.0 Å². The Morgan fingerprint density at radius 3 is 2.18 bits per heavy atom. The number of hydrogen-bond donors (Lipinski definition) is 2. The number of sulfonamides is 1. The Kier molecular flexibility index (Phi) is 9.83. The molecule has 33 heavy (non-hydrogen) atoms. The van der Waals surface area contributed by atoms with Crippen molar-refractivity contribution in [1.29, 1.82) is 0 Å². The number of aliphatic hydroxyl groups is 1. The second-order valence-electron chi connectivity index (χ2n) is 7.58. The van der Waals surface area contributed by atoms with E-state index >= 15 is 0 Å². The Morgan fingerprint density at radius 2 is 1.64 bits per heavy atom. The fraction of sp³-hybridized carbons (Fsp3) is 0.391. The largest absolute Gasteiger partial charge is 0.497 e. The van der Waals surface area contributed by atoms with Crippen LogP contribution in [0.4, 0.5) is 0 Å². The molecular formula is C23H31N3O6S. The molecule has 0 saturated carbocycles. The maximum absolute atomic E-state index is 13.3. The molecule has 0 spiro atoms. The highest BCUT2D eigenvalue weighted by molar-refractivity contribution is 7.88. The van der Waals surface area contributed by atoms with Crippen molar-refractivity contribution >= 4 is 21.8 Å². The normalized spacial score (nSPS) is 12.3. The summed E-state index contributed by atoms with van der Waals surface area (Å²) in [5, 5.41) is 11.6. The molecule has 0 saturated heterocycles. The van der Waals surface area contributed by atoms with Crippen molar-refractivity contribution in [1.82, 2.24) is 14.5 Å². The first-order chi connectivity index (χ1) is 15.7. The first-order valence-corrected chi connectivity index (χ1v) is 12.3. The molecule has 10 heteroatoms. The van der Waals surface area contributed by atoms with Crippen molar-refractivity contribution in [3.05, 3.63) is 65.7 Å². The molecule has 0 bridgehead atoms. The van der Waals surface area contributed by atoms with E-state index in [1.165, 1.54) is 4.90 Å². The summed E-state index contributed by atoms with van der Waals surface area (Å²) in [6, 6.07) is 15.1. The summed E-state index contributed by atoms with van der Waals surface area (Å²) < 4.78 is 31.0. The van der Waals surface area contributed by atoms with Crippen LogP contribution in [0.5, 0.6) is 5.75 Å². The van der Waals surface area contributed by atoms with Crippen molar-refractivity contribution in [3.63, 3.8) is 0 Å². The average molecular weight is 478 g/mol. The number of carbonyl (C=O) groups excluding carboxylic acids is 2. The molecule has 0 fully saturated rings. The second kappa shape index (κ2) is 12.3. The number of rotatable bonds is 12. The zero-order valence-electron chi connectivity index (χ0n) is 19.1. The first kappa shape index (κ1) is 26.3. The van der Waals surface area contributed by atoms with Gasteiger partial charge in [0.1, 0.15) is 11.8 Å². The van der Waals surface area contributed by atoms with Gasteiger partial charge in [0, 0.05) is 19.6 Å². The van der Waals surface area contributed by atoms with Gasteiger partial charge < -0.3 is 20.1 Å². The van der Waals surface area contributed by atoms with Crippen LogP contribution >= 0.6 is 0 Å². The van der Waals surface area contributed by atoms with Gasteiger partial charge in [-0.05, 0) is 30.2 Å². The lowest BCUT2D eigenvalue weighted by atomic mass is 10.1. The summed E-state index contributed by atoms with van der Waals surface area (Å²) in [7, 11) is -2.15. The molecule has 0 aliphatic heterocycles. The topological polar surface area (TPSA) is 116 Å². The Balaban J connectivity index is 2.27. The molecule has 2 N–H and O–H groups in total. The first-order valence-electron chi connectivity index (χ1n) is 10.5. The van der Waals surface area contributed by atoms with E-state index in [2.05, 4.69) is 5.32 Å². The molecule has 1 unspecified atom stereocenters. The molecule has 0 heterocycles. The Bertz CT molecular complexity index is 1010. The van der Waals surface area contributed by atoms with Crippen LogP contribution in [0, 0.1) is 0 Å². The highest BCUT2D eigenvalue weighted by Crippen LogP contribution is 2.16. The third kappa shape index (κ3) is 8.16. The maximum atomic E-state index is 13.3. The predicted molar refractivity (Wildman–Crippen MR) is 125 cm³/mol. The number of nitrogens with zero attached hydrogens (tertiary/aromatic N) is 2. The second-order valence-corrected chi connectivity index (χ2v) is 9.56. The molecular weight excluding hydrogens is 446 g/mol. The lowest BCUT2D eigenvalue weighted by Crippen LogP contribution is -2.51. The van der Waals surface area contributed by atoms with Gasteiger partial charge in [-0.15, -0.1) is 0 Å². The van der Waals surface area contributed by atoms with Crippen LogP contribution in [0.1, 0.15) is 18.1 Å². The number of ether oxygens (including phenoxy) is 1. The molecule has 2 aromatic rings. The Hall–Kier alpha value is -2.95. The number of methoxy groups -OCH3 is 1. The van der Waals surface area contributed by atoms with Gasteiger partial charge in [0.25, 0.3) is 0 Å². The lowest BCUT2D eigenvalue weighted by Gasteiger charge is -2.31. The van der Waals surface area contributed by atoms with Gasteiger partial charge >= 0.3 is 0 Å². The van der Waals surface area contributed by atoms with E-state index in [1.807, 2.05) is 6.07 Å². The minimum atomic E-state index is -3.70. The van der Waals surface area contributed by atoms with Crippen LogP contribution in [-0.4, -0.2) is 73.6 Å². The van der Waals surface area contributed by atoms with Crippen LogP contribution in [0.3, 0.4) is 0 Å². The summed E-state index contributed by atoms with van der Waals surface area (Å²) in [6.07, 6.45) is 1.05. The van der Waals surface area contributed by atoms with E-state index in [0.29, 0.717) is 5.75 Å². The average Bonchev–Trinajstić information content (AvgIpc) is 2.80. The van der Waals surface area contributed by atoms with Crippen molar-refractivity contribution in [2.24, 2.45) is 0 Å². The minimum Gasteiger partial charge on any atom is -0.497 e. The SMILES string of the molecule is COc1ccc(CN(C(=O)CN(Cc2ccccc2)S(C)(=O)=O)C(C)C(=O)NCCO)cc1. The fourth-order valence-electron chi connectivity index (χ4n) is 3.16. The molecule has 180 valence electrons. The van der Waals surface area contributed by atoms with Crippen LogP contribution in [0.2, 0.25) is 0 Å². The number of nitrogens with one attached hydrogen (secondary N) is 1. The molecule has 9 nitrogen and oxygen atoms in total. The molecule has 1 atom stereocenters. The van der Waals surface area contributed by atoms with Crippen LogP contribution in [0.25, 0.3) is 0 Å². The van der Waals surface area contributed by atoms with E-state index in [0.717, 1.165) is 21.7 Å². The molecule has 2 amide bonds. The fourth-order valence-corrected chi connectivity index (χ4v) is 3.88. The van der Waals surface area contributed by atoms with Gasteiger partial charge in [-0.2, -0.15) is 4.31 Å². The highest BCUT2D eigenvalue weighted by Gasteiger charge is 2.29. The van der Waals surface area contributed by atoms with Crippen LogP contribution in [0.15, 0.2) is 54.6 Å². The van der Waals surface area contributed by atoms with Crippen molar-refractivity contribution in [2.45, 2.75) is 26.1 Å². The van der Waals surface area contributed by atoms with E-state index in [4.69, 9.17) is 9.84 Å². The van der Waals surface area contributed by atoms with E-state index in [1.54, 1.807) is 62.6 Å². The van der Waals surface area contributed by atoms with Crippen molar-refractivity contribution < 1.29 is 27.9 Å². The van der Waals surface area contributed by atoms with Crippen molar-refractivity contribution in [3.8, 4) is 5.75 Å². The molecule has 0 aliphatic carbocycles. The summed E-state index contributed by atoms with van der Waals surface area (Å²) in [4.78, 5) is 27.2. The molecule has 0 aliphatic rings. The quantitative estimate of drug-likeness (QED) is 0.471. The van der Waals surface area contributed by atoms with Gasteiger partial charge in [-0.1, -0.05) is 42.5 Å². The molecule has 2 rings (SSSR count). The van der Waals surface area contributed by atoms with Gasteiger partial charge in [-0.25, -0.2) is 8.42 Å². The number of hydrogen-bond acceptors (Lipinski definition) is 6. The van der Waals surface area contributed by atoms with Crippen molar-refractivity contribution in [2.75, 3.05) is 33.1 Å². The zero-order chi connectivity index (χ0) is 24.4. The maximum Gasteiger partial charge on any atom is 0.242 e. The standard InChI is InChI=1S/C23H31N3O6S/c1-18(23(29)24-13-14-27)26(16-20-9-11-21(32-2)12-10-20)22(28)17-25(33(3,30)31)15-19-7-5-4-6-8-19/h4-12,18,27H,13-17H2,1-3H3,(H,24,29). The van der Waals surface area contributed by atoms with Crippen LogP contribution < -0.4 is 10.1 Å². The zero-order valence-corrected chi connectivity index (χ0v) is 19.9. The van der Waals surface area contributed by atoms with E-state index < -0.39 is 34.4 Å². The summed E-state index contributed by atoms with van der Waals surface area (Å²) >= 11 is 0. The number of benzene rings is 2. The van der Waals surface area contributed by atoms with Gasteiger partial charge in [0.05, 0.1) is 26.5 Å². The number of amides is 2. The third-order valence-electron chi connectivity index (χ3n) is 5.07. The molecule has 0 radical (unpaired) electrons. The van der Waals surface area contributed by atoms with Crippen LogP contribution in [-0.2, 0) is 32.7 Å². The Morgan fingerprint density at radius 1 is 1.03 bits per heavy atom. The van der Waals surface area contributed by atoms with Gasteiger partial charge in [0.2, 0.25) is 21.8 Å². The number of aliphatic hydroxyl groups excluding tert-OH is 1. The highest BCUT2D eigenvalue weighted by atomic mass is 32.2. The molecule has 2 aromatic carbocycles. The number of carbonyl (C=O) groups is 2. The smallest absolute Gasteiger partial charge is 0.242 e. The van der Waals surface area contributed by atoms with E-state index in [-0.39, 0.29) is 26.2 Å². The minimum absolute atomic E-state index is 0.0346. The monoisotopic (exact) mass is 477 g/mol. The Labute approximate surface area is 195 Å². The van der Waals surface area contributed by atoms with Gasteiger partial charge in [-0.3, -0.25) is 9.59 Å². The summed E-state index contributed by atoms with van der Waals surface area (Å²) in [5.74, 6) is -0.310. The summed E-state index contributed by atoms with van der Waals surface area (Å²) in [6.45, 7) is 1.10.